The normalized spacial score (nSPS) is 14.1. The van der Waals surface area contributed by atoms with Crippen LogP contribution in [0.25, 0.3) is 21.5 Å². The number of hydrogen-bond acceptors (Lipinski definition) is 6. The molecule has 0 bridgehead atoms. The van der Waals surface area contributed by atoms with E-state index < -0.39 is 11.7 Å². The van der Waals surface area contributed by atoms with Crippen molar-refractivity contribution in [2.45, 2.75) is 6.18 Å². The van der Waals surface area contributed by atoms with E-state index in [0.29, 0.717) is 21.8 Å². The average molecular weight is 390 g/mol. The van der Waals surface area contributed by atoms with Gasteiger partial charge in [0.1, 0.15) is 22.4 Å². The molecule has 9 heteroatoms. The van der Waals surface area contributed by atoms with Crippen LogP contribution < -0.4 is 9.47 Å². The number of nitriles is 1. The Morgan fingerprint density at radius 1 is 1.15 bits per heavy atom. The van der Waals surface area contributed by atoms with Crippen molar-refractivity contribution in [1.82, 2.24) is 4.98 Å². The molecule has 0 atom stereocenters. The number of aliphatic hydroxyl groups is 1. The molecule has 1 aliphatic rings. The third kappa shape index (κ3) is 3.04. The summed E-state index contributed by atoms with van der Waals surface area (Å²) in [5.41, 5.74) is -0.542. The molecule has 0 unspecified atom stereocenters. The van der Waals surface area contributed by atoms with E-state index in [2.05, 4.69) is 4.98 Å². The van der Waals surface area contributed by atoms with E-state index in [-0.39, 0.29) is 28.6 Å². The summed E-state index contributed by atoms with van der Waals surface area (Å²) < 4.78 is 49.5. The fraction of sp³-hybridized carbons (Fsp3) is 0.111. The Hall–Kier alpha value is -3.25. The molecule has 0 saturated carbocycles. The second-order valence-corrected chi connectivity index (χ2v) is 6.63. The van der Waals surface area contributed by atoms with E-state index in [1.54, 1.807) is 12.1 Å². The number of benzene rings is 2. The van der Waals surface area contributed by atoms with Crippen LogP contribution in [0.2, 0.25) is 0 Å². The molecule has 0 saturated heterocycles. The number of alkyl halides is 3. The predicted octanol–water partition coefficient (Wildman–Crippen LogP) is 4.99. The van der Waals surface area contributed by atoms with Crippen LogP contribution in [0.15, 0.2) is 36.4 Å². The number of halogens is 3. The van der Waals surface area contributed by atoms with Gasteiger partial charge < -0.3 is 14.6 Å². The molecule has 2 heterocycles. The van der Waals surface area contributed by atoms with Gasteiger partial charge in [-0.25, -0.2) is 4.98 Å². The van der Waals surface area contributed by atoms with E-state index in [4.69, 9.17) is 9.47 Å². The Morgan fingerprint density at radius 3 is 2.67 bits per heavy atom. The Bertz CT molecular complexity index is 1130. The monoisotopic (exact) mass is 390 g/mol. The van der Waals surface area contributed by atoms with E-state index >= 15 is 0 Å². The third-order valence-electron chi connectivity index (χ3n) is 3.92. The minimum absolute atomic E-state index is 0.0633. The van der Waals surface area contributed by atoms with Gasteiger partial charge in [-0.1, -0.05) is 0 Å². The van der Waals surface area contributed by atoms with Gasteiger partial charge in [0.25, 0.3) is 0 Å². The zero-order valence-corrected chi connectivity index (χ0v) is 14.2. The summed E-state index contributed by atoms with van der Waals surface area (Å²) in [5, 5.41) is 20.1. The number of aliphatic hydroxyl groups excluding tert-OH is 1. The summed E-state index contributed by atoms with van der Waals surface area (Å²) in [6, 6.07) is 9.71. The number of fused-ring (bicyclic) bond motifs is 2. The third-order valence-corrected chi connectivity index (χ3v) is 4.98. The van der Waals surface area contributed by atoms with Gasteiger partial charge >= 0.3 is 6.18 Å². The summed E-state index contributed by atoms with van der Waals surface area (Å²) in [7, 11) is 0. The van der Waals surface area contributed by atoms with Gasteiger partial charge in [0.15, 0.2) is 11.5 Å². The molecule has 0 spiro atoms. The quantitative estimate of drug-likeness (QED) is 0.493. The lowest BCUT2D eigenvalue weighted by atomic mass is 10.1. The molecule has 0 amide bonds. The highest BCUT2D eigenvalue weighted by Crippen LogP contribution is 2.38. The number of rotatable bonds is 2. The number of ether oxygens (including phenoxy) is 2. The average Bonchev–Trinajstić information content (AvgIpc) is 3.26. The van der Waals surface area contributed by atoms with Gasteiger partial charge in [-0.3, -0.25) is 0 Å². The van der Waals surface area contributed by atoms with E-state index in [1.165, 1.54) is 12.1 Å². The van der Waals surface area contributed by atoms with Crippen LogP contribution in [0.1, 0.15) is 16.1 Å². The smallest absolute Gasteiger partial charge is 0.416 e. The van der Waals surface area contributed by atoms with Gasteiger partial charge in [-0.15, -0.1) is 11.3 Å². The zero-order chi connectivity index (χ0) is 19.2. The molecule has 3 aromatic rings. The molecule has 1 aromatic heterocycles. The van der Waals surface area contributed by atoms with Crippen molar-refractivity contribution < 1.29 is 27.8 Å². The van der Waals surface area contributed by atoms with Crippen LogP contribution in [0, 0.1) is 11.3 Å². The molecule has 1 aliphatic heterocycles. The van der Waals surface area contributed by atoms with E-state index in [1.807, 2.05) is 6.07 Å². The van der Waals surface area contributed by atoms with Gasteiger partial charge in [0, 0.05) is 5.56 Å². The lowest BCUT2D eigenvalue weighted by Gasteiger charge is -2.05. The fourth-order valence-electron chi connectivity index (χ4n) is 2.60. The Labute approximate surface area is 154 Å². The molecule has 27 heavy (non-hydrogen) atoms. The van der Waals surface area contributed by atoms with Gasteiger partial charge in [-0.05, 0) is 36.4 Å². The first-order chi connectivity index (χ1) is 12.9. The minimum Gasteiger partial charge on any atom is -0.506 e. The standard InChI is InChI=1S/C18H9F3N2O3S/c19-18(20,21)10-2-4-15-12(6-10)23-17(27-15)11(7-22)16(24)9-1-3-13-14(5-9)26-8-25-13/h1-6,24H,8H2. The maximum Gasteiger partial charge on any atom is 0.416 e. The Balaban J connectivity index is 1.80. The van der Waals surface area contributed by atoms with Crippen LogP contribution in [-0.2, 0) is 6.18 Å². The highest BCUT2D eigenvalue weighted by molar-refractivity contribution is 7.19. The van der Waals surface area contributed by atoms with Crippen LogP contribution in [0.3, 0.4) is 0 Å². The SMILES string of the molecule is N#CC(=C(O)c1ccc2c(c1)OCO2)c1nc2cc(C(F)(F)F)ccc2s1. The van der Waals surface area contributed by atoms with Crippen molar-refractivity contribution in [2.75, 3.05) is 6.79 Å². The van der Waals surface area contributed by atoms with Crippen LogP contribution >= 0.6 is 11.3 Å². The number of thiazole rings is 1. The number of hydrogen-bond donors (Lipinski definition) is 1. The van der Waals surface area contributed by atoms with Crippen molar-refractivity contribution in [3.63, 3.8) is 0 Å². The molecule has 2 aromatic carbocycles. The predicted molar refractivity (Wildman–Crippen MR) is 92.2 cm³/mol. The molecule has 5 nitrogen and oxygen atoms in total. The number of allylic oxidation sites excluding steroid dienone is 1. The van der Waals surface area contributed by atoms with Crippen molar-refractivity contribution in [1.29, 1.82) is 5.26 Å². The summed E-state index contributed by atoms with van der Waals surface area (Å²) >= 11 is 1.02. The maximum atomic E-state index is 12.9. The molecule has 4 rings (SSSR count). The highest BCUT2D eigenvalue weighted by atomic mass is 32.1. The fourth-order valence-corrected chi connectivity index (χ4v) is 3.54. The number of aromatic nitrogens is 1. The van der Waals surface area contributed by atoms with Crippen LogP contribution in [0.5, 0.6) is 11.5 Å². The van der Waals surface area contributed by atoms with Gasteiger partial charge in [-0.2, -0.15) is 18.4 Å². The lowest BCUT2D eigenvalue weighted by Crippen LogP contribution is -2.03. The summed E-state index contributed by atoms with van der Waals surface area (Å²) in [5.74, 6) is 0.603. The minimum atomic E-state index is -4.49. The van der Waals surface area contributed by atoms with Crippen molar-refractivity contribution in [3.05, 3.63) is 52.5 Å². The zero-order valence-electron chi connectivity index (χ0n) is 13.4. The molecular formula is C18H9F3N2O3S. The lowest BCUT2D eigenvalue weighted by molar-refractivity contribution is -0.137. The van der Waals surface area contributed by atoms with Crippen LogP contribution in [0.4, 0.5) is 13.2 Å². The summed E-state index contributed by atoms with van der Waals surface area (Å²) in [6.07, 6.45) is -4.49. The van der Waals surface area contributed by atoms with Crippen LogP contribution in [-0.4, -0.2) is 16.9 Å². The molecular weight excluding hydrogens is 381 g/mol. The second-order valence-electron chi connectivity index (χ2n) is 5.60. The molecule has 136 valence electrons. The first-order valence-corrected chi connectivity index (χ1v) is 8.40. The Morgan fingerprint density at radius 2 is 1.93 bits per heavy atom. The molecule has 0 fully saturated rings. The highest BCUT2D eigenvalue weighted by Gasteiger charge is 2.31. The second kappa shape index (κ2) is 6.17. The van der Waals surface area contributed by atoms with Gasteiger partial charge in [0.05, 0.1) is 15.8 Å². The maximum absolute atomic E-state index is 12.9. The molecule has 1 N–H and O–H groups in total. The van der Waals surface area contributed by atoms with Crippen molar-refractivity contribution in [2.24, 2.45) is 0 Å². The summed E-state index contributed by atoms with van der Waals surface area (Å²) in [4.78, 5) is 4.10. The molecule has 0 aliphatic carbocycles. The first-order valence-electron chi connectivity index (χ1n) is 7.58. The van der Waals surface area contributed by atoms with Gasteiger partial charge in [0.2, 0.25) is 6.79 Å². The first kappa shape index (κ1) is 17.2. The van der Waals surface area contributed by atoms with E-state index in [0.717, 1.165) is 23.5 Å². The number of nitrogens with zero attached hydrogens (tertiary/aromatic N) is 2. The van der Waals surface area contributed by atoms with Crippen molar-refractivity contribution in [3.8, 4) is 17.6 Å². The topological polar surface area (TPSA) is 75.4 Å². The Kier molecular flexibility index (Phi) is 3.93. The van der Waals surface area contributed by atoms with Crippen molar-refractivity contribution >= 4 is 32.9 Å². The summed E-state index contributed by atoms with van der Waals surface area (Å²) in [6.45, 7) is 0.0633. The largest absolute Gasteiger partial charge is 0.506 e. The van der Waals surface area contributed by atoms with E-state index in [9.17, 15) is 23.5 Å². The molecule has 0 radical (unpaired) electrons.